The third-order valence-electron chi connectivity index (χ3n) is 3.74. The highest BCUT2D eigenvalue weighted by Crippen LogP contribution is 2.39. The Labute approximate surface area is 109 Å². The standard InChI is InChI=1S/C12H14BrN3O/c13-9-5-10-1-2-11(6-9)16(10)12(17)8-3-4-14-15-7-8/h3-4,7,9-11H,1-2,5-6H2. The van der Waals surface area contributed by atoms with Crippen molar-refractivity contribution in [1.82, 2.24) is 15.1 Å². The highest BCUT2D eigenvalue weighted by atomic mass is 79.9. The van der Waals surface area contributed by atoms with Crippen LogP contribution in [0.5, 0.6) is 0 Å². The number of aromatic nitrogens is 2. The summed E-state index contributed by atoms with van der Waals surface area (Å²) in [5, 5.41) is 7.49. The summed E-state index contributed by atoms with van der Waals surface area (Å²) in [5.41, 5.74) is 0.657. The fourth-order valence-electron chi connectivity index (χ4n) is 3.01. The SMILES string of the molecule is O=C(c1ccnnc1)N1C2CCC1CC(Br)C2. The maximum atomic E-state index is 12.4. The fraction of sp³-hybridized carbons (Fsp3) is 0.583. The molecule has 1 amide bonds. The minimum absolute atomic E-state index is 0.117. The summed E-state index contributed by atoms with van der Waals surface area (Å²) in [4.78, 5) is 15.0. The zero-order chi connectivity index (χ0) is 11.8. The van der Waals surface area contributed by atoms with E-state index in [0.29, 0.717) is 22.5 Å². The minimum Gasteiger partial charge on any atom is -0.333 e. The molecule has 2 aliphatic rings. The minimum atomic E-state index is 0.117. The number of rotatable bonds is 1. The Kier molecular flexibility index (Phi) is 2.86. The molecule has 17 heavy (non-hydrogen) atoms. The lowest BCUT2D eigenvalue weighted by Gasteiger charge is -2.37. The molecular weight excluding hydrogens is 282 g/mol. The second-order valence-electron chi connectivity index (χ2n) is 4.80. The van der Waals surface area contributed by atoms with E-state index in [4.69, 9.17) is 0 Å². The van der Waals surface area contributed by atoms with Crippen LogP contribution in [0.15, 0.2) is 18.5 Å². The van der Waals surface area contributed by atoms with Crippen molar-refractivity contribution < 1.29 is 4.79 Å². The second-order valence-corrected chi connectivity index (χ2v) is 6.09. The Morgan fingerprint density at radius 2 is 2.00 bits per heavy atom. The number of amides is 1. The van der Waals surface area contributed by atoms with Gasteiger partial charge in [0.2, 0.25) is 0 Å². The molecule has 2 atom stereocenters. The molecule has 3 heterocycles. The van der Waals surface area contributed by atoms with Crippen LogP contribution in [0.2, 0.25) is 0 Å². The second kappa shape index (κ2) is 4.37. The summed E-state index contributed by atoms with van der Waals surface area (Å²) >= 11 is 3.68. The summed E-state index contributed by atoms with van der Waals surface area (Å²) in [6, 6.07) is 2.55. The summed E-state index contributed by atoms with van der Waals surface area (Å²) in [5.74, 6) is 0.117. The van der Waals surface area contributed by atoms with E-state index < -0.39 is 0 Å². The normalized spacial score (nSPS) is 31.6. The Morgan fingerprint density at radius 3 is 2.59 bits per heavy atom. The van der Waals surface area contributed by atoms with Crippen LogP contribution in [0.3, 0.4) is 0 Å². The molecule has 2 fully saturated rings. The maximum Gasteiger partial charge on any atom is 0.256 e. The zero-order valence-corrected chi connectivity index (χ0v) is 11.0. The summed E-state index contributed by atoms with van der Waals surface area (Å²) < 4.78 is 0. The van der Waals surface area contributed by atoms with Gasteiger partial charge in [-0.05, 0) is 31.7 Å². The van der Waals surface area contributed by atoms with E-state index in [1.807, 2.05) is 0 Å². The molecule has 3 rings (SSSR count). The van der Waals surface area contributed by atoms with Crippen LogP contribution in [-0.4, -0.2) is 37.9 Å². The van der Waals surface area contributed by atoms with Crippen molar-refractivity contribution in [3.8, 4) is 0 Å². The smallest absolute Gasteiger partial charge is 0.256 e. The summed E-state index contributed by atoms with van der Waals surface area (Å²) in [6.45, 7) is 0. The quantitative estimate of drug-likeness (QED) is 0.745. The number of nitrogens with zero attached hydrogens (tertiary/aromatic N) is 3. The molecule has 1 aromatic rings. The molecule has 4 nitrogen and oxygen atoms in total. The average Bonchev–Trinajstić information content (AvgIpc) is 2.62. The van der Waals surface area contributed by atoms with E-state index in [2.05, 4.69) is 31.0 Å². The number of fused-ring (bicyclic) bond motifs is 2. The van der Waals surface area contributed by atoms with Gasteiger partial charge in [-0.15, -0.1) is 0 Å². The summed E-state index contributed by atoms with van der Waals surface area (Å²) in [7, 11) is 0. The van der Waals surface area contributed by atoms with Crippen molar-refractivity contribution in [1.29, 1.82) is 0 Å². The number of hydrogen-bond donors (Lipinski definition) is 0. The van der Waals surface area contributed by atoms with E-state index in [-0.39, 0.29) is 5.91 Å². The molecule has 0 aliphatic carbocycles. The topological polar surface area (TPSA) is 46.1 Å². The fourth-order valence-corrected chi connectivity index (χ4v) is 3.87. The monoisotopic (exact) mass is 295 g/mol. The number of hydrogen-bond acceptors (Lipinski definition) is 3. The van der Waals surface area contributed by atoms with Crippen LogP contribution in [0, 0.1) is 0 Å². The Balaban J connectivity index is 1.84. The molecule has 2 saturated heterocycles. The molecule has 0 spiro atoms. The Bertz CT molecular complexity index is 411. The van der Waals surface area contributed by atoms with E-state index >= 15 is 0 Å². The molecule has 2 aliphatic heterocycles. The van der Waals surface area contributed by atoms with Gasteiger partial charge in [-0.1, -0.05) is 15.9 Å². The summed E-state index contributed by atoms with van der Waals surface area (Å²) in [6.07, 6.45) is 7.55. The third-order valence-corrected chi connectivity index (χ3v) is 4.49. The first-order chi connectivity index (χ1) is 8.25. The first kappa shape index (κ1) is 11.1. The first-order valence-corrected chi connectivity index (χ1v) is 6.90. The van der Waals surface area contributed by atoms with Crippen LogP contribution in [-0.2, 0) is 0 Å². The largest absolute Gasteiger partial charge is 0.333 e. The van der Waals surface area contributed by atoms with E-state index in [9.17, 15) is 4.79 Å². The number of alkyl halides is 1. The molecule has 2 unspecified atom stereocenters. The molecule has 90 valence electrons. The van der Waals surface area contributed by atoms with Gasteiger partial charge in [0.05, 0.1) is 18.0 Å². The van der Waals surface area contributed by atoms with Crippen LogP contribution in [0.4, 0.5) is 0 Å². The van der Waals surface area contributed by atoms with Gasteiger partial charge in [0.25, 0.3) is 5.91 Å². The van der Waals surface area contributed by atoms with Crippen molar-refractivity contribution in [3.05, 3.63) is 24.0 Å². The van der Waals surface area contributed by atoms with Gasteiger partial charge in [0, 0.05) is 16.9 Å². The Morgan fingerprint density at radius 1 is 1.29 bits per heavy atom. The van der Waals surface area contributed by atoms with Crippen LogP contribution in [0.25, 0.3) is 0 Å². The third kappa shape index (κ3) is 1.97. The van der Waals surface area contributed by atoms with E-state index in [1.54, 1.807) is 18.5 Å². The van der Waals surface area contributed by atoms with E-state index in [0.717, 1.165) is 25.7 Å². The predicted octanol–water partition coefficient (Wildman–Crippen LogP) is 2.01. The van der Waals surface area contributed by atoms with Crippen molar-refractivity contribution in [2.75, 3.05) is 0 Å². The highest BCUT2D eigenvalue weighted by Gasteiger charge is 2.42. The Hall–Kier alpha value is -0.970. The van der Waals surface area contributed by atoms with Gasteiger partial charge in [-0.25, -0.2) is 0 Å². The number of piperidine rings is 1. The van der Waals surface area contributed by atoms with Crippen molar-refractivity contribution in [2.24, 2.45) is 0 Å². The molecular formula is C12H14BrN3O. The molecule has 0 radical (unpaired) electrons. The number of halogens is 1. The van der Waals surface area contributed by atoms with Gasteiger partial charge in [-0.2, -0.15) is 10.2 Å². The van der Waals surface area contributed by atoms with Crippen LogP contribution < -0.4 is 0 Å². The van der Waals surface area contributed by atoms with Gasteiger partial charge in [0.1, 0.15) is 0 Å². The van der Waals surface area contributed by atoms with E-state index in [1.165, 1.54) is 0 Å². The van der Waals surface area contributed by atoms with Crippen molar-refractivity contribution in [2.45, 2.75) is 42.6 Å². The van der Waals surface area contributed by atoms with Gasteiger partial charge >= 0.3 is 0 Å². The zero-order valence-electron chi connectivity index (χ0n) is 9.42. The molecule has 5 heteroatoms. The lowest BCUT2D eigenvalue weighted by molar-refractivity contribution is 0.0603. The van der Waals surface area contributed by atoms with Crippen LogP contribution in [0.1, 0.15) is 36.0 Å². The van der Waals surface area contributed by atoms with Crippen molar-refractivity contribution in [3.63, 3.8) is 0 Å². The molecule has 0 N–H and O–H groups in total. The predicted molar refractivity (Wildman–Crippen MR) is 67.0 cm³/mol. The number of carbonyl (C=O) groups is 1. The lowest BCUT2D eigenvalue weighted by atomic mass is 10.0. The highest BCUT2D eigenvalue weighted by molar-refractivity contribution is 9.09. The maximum absolute atomic E-state index is 12.4. The van der Waals surface area contributed by atoms with Gasteiger partial charge < -0.3 is 4.90 Å². The molecule has 1 aromatic heterocycles. The molecule has 0 aromatic carbocycles. The lowest BCUT2D eigenvalue weighted by Crippen LogP contribution is -2.46. The number of carbonyl (C=O) groups excluding carboxylic acids is 1. The van der Waals surface area contributed by atoms with Crippen molar-refractivity contribution >= 4 is 21.8 Å². The average molecular weight is 296 g/mol. The molecule has 0 saturated carbocycles. The first-order valence-electron chi connectivity index (χ1n) is 5.99. The van der Waals surface area contributed by atoms with Crippen LogP contribution >= 0.6 is 15.9 Å². The van der Waals surface area contributed by atoms with Gasteiger partial charge in [0.15, 0.2) is 0 Å². The molecule has 2 bridgehead atoms. The van der Waals surface area contributed by atoms with Gasteiger partial charge in [-0.3, -0.25) is 4.79 Å².